The average Bonchev–Trinajstić information content (AvgIpc) is 3.05. The van der Waals surface area contributed by atoms with Gasteiger partial charge in [-0.25, -0.2) is 9.97 Å². The van der Waals surface area contributed by atoms with Crippen LogP contribution in [-0.4, -0.2) is 25.0 Å². The first-order valence-corrected chi connectivity index (χ1v) is 10.7. The minimum Gasteiger partial charge on any atom is -0.267 e. The summed E-state index contributed by atoms with van der Waals surface area (Å²) in [6, 6.07) is 7.28. The highest BCUT2D eigenvalue weighted by Crippen LogP contribution is 2.40. The van der Waals surface area contributed by atoms with Crippen molar-refractivity contribution in [2.24, 2.45) is 5.92 Å². The molecule has 0 N–H and O–H groups in total. The van der Waals surface area contributed by atoms with E-state index in [-0.39, 0.29) is 5.56 Å². The van der Waals surface area contributed by atoms with Crippen molar-refractivity contribution < 1.29 is 0 Å². The predicted octanol–water partition coefficient (Wildman–Crippen LogP) is 3.67. The van der Waals surface area contributed by atoms with Gasteiger partial charge >= 0.3 is 0 Å². The average molecular weight is 396 g/mol. The molecular formula is C19H17N5OS2. The molecular weight excluding hydrogens is 378 g/mol. The number of benzene rings is 1. The Labute approximate surface area is 163 Å². The van der Waals surface area contributed by atoms with Gasteiger partial charge in [-0.15, -0.1) is 16.4 Å². The van der Waals surface area contributed by atoms with Crippen LogP contribution in [0, 0.1) is 5.92 Å². The quantitative estimate of drug-likeness (QED) is 0.389. The lowest BCUT2D eigenvalue weighted by Crippen LogP contribution is -2.23. The monoisotopic (exact) mass is 395 g/mol. The number of fused-ring (bicyclic) bond motifs is 4. The molecule has 1 aliphatic carbocycles. The third-order valence-corrected chi connectivity index (χ3v) is 7.13. The van der Waals surface area contributed by atoms with Crippen LogP contribution in [-0.2, 0) is 18.7 Å². The van der Waals surface area contributed by atoms with E-state index in [1.807, 2.05) is 12.1 Å². The lowest BCUT2D eigenvalue weighted by atomic mass is 9.89. The van der Waals surface area contributed by atoms with E-state index in [1.54, 1.807) is 29.8 Å². The van der Waals surface area contributed by atoms with Gasteiger partial charge in [-0.2, -0.15) is 4.68 Å². The zero-order valence-corrected chi connectivity index (χ0v) is 16.4. The summed E-state index contributed by atoms with van der Waals surface area (Å²) in [5.74, 6) is 1.10. The number of aryl methyl sites for hydroxylation is 1. The van der Waals surface area contributed by atoms with Gasteiger partial charge in [0.15, 0.2) is 0 Å². The predicted molar refractivity (Wildman–Crippen MR) is 108 cm³/mol. The molecule has 1 atom stereocenters. The highest BCUT2D eigenvalue weighted by molar-refractivity contribution is 7.98. The molecule has 0 radical (unpaired) electrons. The molecule has 1 aromatic carbocycles. The highest BCUT2D eigenvalue weighted by Gasteiger charge is 2.23. The van der Waals surface area contributed by atoms with Crippen LogP contribution in [0.2, 0.25) is 0 Å². The first kappa shape index (κ1) is 16.8. The maximum absolute atomic E-state index is 12.6. The van der Waals surface area contributed by atoms with Gasteiger partial charge in [0, 0.05) is 10.3 Å². The molecule has 0 fully saturated rings. The van der Waals surface area contributed by atoms with Crippen molar-refractivity contribution in [3.63, 3.8) is 0 Å². The van der Waals surface area contributed by atoms with Crippen molar-refractivity contribution in [2.45, 2.75) is 37.1 Å². The largest absolute Gasteiger partial charge is 0.278 e. The standard InChI is InChI=1S/C19H17N5OS2/c1-11-6-7-13-15(8-11)27-18-16(13)17(20-9-21-18)26-10-24-19(25)12-4-2-3-5-14(12)22-23-24/h2-5,9,11H,6-8,10H2,1H3. The van der Waals surface area contributed by atoms with Crippen molar-refractivity contribution in [1.29, 1.82) is 0 Å². The summed E-state index contributed by atoms with van der Waals surface area (Å²) in [4.78, 5) is 24.1. The Kier molecular flexibility index (Phi) is 4.17. The topological polar surface area (TPSA) is 73.6 Å². The Morgan fingerprint density at radius 1 is 1.30 bits per heavy atom. The summed E-state index contributed by atoms with van der Waals surface area (Å²) in [5, 5.41) is 10.9. The van der Waals surface area contributed by atoms with Gasteiger partial charge in [0.05, 0.1) is 11.3 Å². The lowest BCUT2D eigenvalue weighted by molar-refractivity contribution is 0.509. The second kappa shape index (κ2) is 6.69. The number of hydrogen-bond acceptors (Lipinski definition) is 7. The molecule has 1 unspecified atom stereocenters. The van der Waals surface area contributed by atoms with E-state index in [1.165, 1.54) is 33.3 Å². The molecule has 0 spiro atoms. The summed E-state index contributed by atoms with van der Waals surface area (Å²) >= 11 is 3.30. The van der Waals surface area contributed by atoms with Crippen molar-refractivity contribution in [3.8, 4) is 0 Å². The van der Waals surface area contributed by atoms with Crippen LogP contribution in [0.5, 0.6) is 0 Å². The van der Waals surface area contributed by atoms with Crippen LogP contribution in [0.4, 0.5) is 0 Å². The van der Waals surface area contributed by atoms with Crippen LogP contribution in [0.1, 0.15) is 23.8 Å². The summed E-state index contributed by atoms with van der Waals surface area (Å²) in [7, 11) is 0. The second-order valence-electron chi connectivity index (χ2n) is 6.90. The molecule has 3 heterocycles. The smallest absolute Gasteiger partial charge is 0.267 e. The third kappa shape index (κ3) is 2.93. The maximum atomic E-state index is 12.6. The molecule has 1 aliphatic rings. The van der Waals surface area contributed by atoms with Crippen molar-refractivity contribution >= 4 is 44.2 Å². The summed E-state index contributed by atoms with van der Waals surface area (Å²) in [6.45, 7) is 2.31. The Balaban J connectivity index is 1.51. The van der Waals surface area contributed by atoms with E-state index in [2.05, 4.69) is 27.2 Å². The number of nitrogens with zero attached hydrogens (tertiary/aromatic N) is 5. The van der Waals surface area contributed by atoms with Gasteiger partial charge in [-0.1, -0.05) is 36.0 Å². The molecule has 0 amide bonds. The molecule has 0 bridgehead atoms. The van der Waals surface area contributed by atoms with Crippen molar-refractivity contribution in [3.05, 3.63) is 51.4 Å². The second-order valence-corrected chi connectivity index (χ2v) is 8.91. The number of hydrogen-bond donors (Lipinski definition) is 0. The highest BCUT2D eigenvalue weighted by atomic mass is 32.2. The first-order valence-electron chi connectivity index (χ1n) is 8.91. The molecule has 6 nitrogen and oxygen atoms in total. The fraction of sp³-hybridized carbons (Fsp3) is 0.316. The van der Waals surface area contributed by atoms with Gasteiger partial charge in [0.1, 0.15) is 21.7 Å². The molecule has 8 heteroatoms. The summed E-state index contributed by atoms with van der Waals surface area (Å²) < 4.78 is 1.40. The number of thioether (sulfide) groups is 1. The van der Waals surface area contributed by atoms with E-state index in [4.69, 9.17) is 0 Å². The fourth-order valence-corrected chi connectivity index (χ4v) is 5.90. The van der Waals surface area contributed by atoms with Crippen LogP contribution >= 0.6 is 23.1 Å². The van der Waals surface area contributed by atoms with E-state index in [9.17, 15) is 4.79 Å². The summed E-state index contributed by atoms with van der Waals surface area (Å²) in [5.41, 5.74) is 1.89. The van der Waals surface area contributed by atoms with Crippen molar-refractivity contribution in [2.75, 3.05) is 0 Å². The molecule has 0 saturated heterocycles. The first-order chi connectivity index (χ1) is 13.2. The maximum Gasteiger partial charge on any atom is 0.278 e. The Hall–Kier alpha value is -2.32. The molecule has 4 aromatic rings. The fourth-order valence-electron chi connectivity index (χ4n) is 3.59. The van der Waals surface area contributed by atoms with Gasteiger partial charge in [-0.05, 0) is 42.9 Å². The SMILES string of the molecule is CC1CCc2c(sc3ncnc(SCn4nnc5ccccc5c4=O)c23)C1. The molecule has 136 valence electrons. The zero-order valence-electron chi connectivity index (χ0n) is 14.8. The van der Waals surface area contributed by atoms with Crippen molar-refractivity contribution in [1.82, 2.24) is 25.0 Å². The number of rotatable bonds is 3. The van der Waals surface area contributed by atoms with Gasteiger partial charge < -0.3 is 0 Å². The molecule has 5 rings (SSSR count). The summed E-state index contributed by atoms with van der Waals surface area (Å²) in [6.07, 6.45) is 5.02. The van der Waals surface area contributed by atoms with E-state index in [0.29, 0.717) is 16.8 Å². The lowest BCUT2D eigenvalue weighted by Gasteiger charge is -2.18. The third-order valence-electron chi connectivity index (χ3n) is 5.01. The van der Waals surface area contributed by atoms with Gasteiger partial charge in [0.2, 0.25) is 0 Å². The Morgan fingerprint density at radius 3 is 3.11 bits per heavy atom. The molecule has 0 saturated carbocycles. The van der Waals surface area contributed by atoms with Crippen LogP contribution < -0.4 is 5.56 Å². The van der Waals surface area contributed by atoms with E-state index in [0.717, 1.165) is 34.0 Å². The Bertz CT molecular complexity index is 1220. The van der Waals surface area contributed by atoms with Crippen LogP contribution in [0.25, 0.3) is 21.1 Å². The normalized spacial score (nSPS) is 16.7. The molecule has 3 aromatic heterocycles. The van der Waals surface area contributed by atoms with E-state index >= 15 is 0 Å². The number of thiophene rings is 1. The minimum absolute atomic E-state index is 0.125. The zero-order chi connectivity index (χ0) is 18.4. The number of aromatic nitrogens is 5. The van der Waals surface area contributed by atoms with E-state index < -0.39 is 0 Å². The van der Waals surface area contributed by atoms with Crippen LogP contribution in [0.15, 0.2) is 40.4 Å². The van der Waals surface area contributed by atoms with Gasteiger partial charge in [-0.3, -0.25) is 4.79 Å². The molecule has 27 heavy (non-hydrogen) atoms. The Morgan fingerprint density at radius 2 is 2.19 bits per heavy atom. The minimum atomic E-state index is -0.125. The van der Waals surface area contributed by atoms with Crippen LogP contribution in [0.3, 0.4) is 0 Å². The van der Waals surface area contributed by atoms with Gasteiger partial charge in [0.25, 0.3) is 5.56 Å². The molecule has 0 aliphatic heterocycles.